The van der Waals surface area contributed by atoms with Gasteiger partial charge in [-0.05, 0) is 0 Å². The molecule has 0 bridgehead atoms. The van der Waals surface area contributed by atoms with Gasteiger partial charge in [-0.25, -0.2) is 0 Å². The van der Waals surface area contributed by atoms with Gasteiger partial charge in [-0.3, -0.25) is 0 Å². The average molecular weight is 671 g/mol. The van der Waals surface area contributed by atoms with Crippen LogP contribution in [-0.2, 0) is 22.4 Å². The molecule has 0 aromatic heterocycles. The van der Waals surface area contributed by atoms with Crippen molar-refractivity contribution in [2.75, 3.05) is 0 Å². The number of halogens is 2. The quantitative estimate of drug-likeness (QED) is 0.180. The molecular weight excluding hydrogens is 669 g/mol. The molecule has 2 N–H and O–H groups in total. The first kappa shape index (κ1) is 50.4. The second-order valence-corrected chi connectivity index (χ2v) is 13.1. The predicted molar refractivity (Wildman–Crippen MR) is 4.44 cm³/mol. The fourth-order valence-corrected chi connectivity index (χ4v) is 0. The maximum atomic E-state index is 8.77. The first-order valence-corrected chi connectivity index (χ1v) is 12.6. The minimum absolute atomic E-state index is 0. The molecule has 107 valence electrons. The van der Waals surface area contributed by atoms with Gasteiger partial charge in [0, 0.05) is 22.4 Å². The SMILES string of the molecule is [Ag].[Na+].[Na+].[Na+].[Na+].[Na+].[O-][I+]([O-])([O-])([O-])([O-])O.[O-][I+]([O-])([O-])([O-])([O-])O. The van der Waals surface area contributed by atoms with E-state index in [0.717, 1.165) is 0 Å². The summed E-state index contributed by atoms with van der Waals surface area (Å²) in [7, 11) is 0. The molecule has 20 heavy (non-hydrogen) atoms. The van der Waals surface area contributed by atoms with Crippen molar-refractivity contribution in [2.45, 2.75) is 0 Å². The Kier molecular flexibility index (Phi) is 29.4. The van der Waals surface area contributed by atoms with Crippen LogP contribution in [0.15, 0.2) is 0 Å². The molecule has 12 nitrogen and oxygen atoms in total. The Morgan fingerprint density at radius 3 is 0.400 bits per heavy atom. The molecular formula is H2AgI2Na5O12-3. The molecule has 0 aliphatic heterocycles. The van der Waals surface area contributed by atoms with Crippen LogP contribution in [0.2, 0.25) is 0 Å². The monoisotopic (exact) mass is 670 g/mol. The van der Waals surface area contributed by atoms with Crippen LogP contribution in [0.1, 0.15) is 0 Å². The van der Waals surface area contributed by atoms with Gasteiger partial charge in [-0.1, -0.05) is 0 Å². The molecule has 0 aliphatic carbocycles. The Bertz CT molecular complexity index is 177. The summed E-state index contributed by atoms with van der Waals surface area (Å²) in [5.41, 5.74) is 0. The summed E-state index contributed by atoms with van der Waals surface area (Å²) in [4.78, 5) is 0. The maximum absolute atomic E-state index is 9.37. The molecule has 1 radical (unpaired) electrons. The van der Waals surface area contributed by atoms with Crippen molar-refractivity contribution >= 4 is 0 Å². The van der Waals surface area contributed by atoms with Crippen LogP contribution in [0.5, 0.6) is 0 Å². The minimum atomic E-state index is -9.37. The third-order valence-corrected chi connectivity index (χ3v) is 0. The molecule has 0 heterocycles. The number of rotatable bonds is 0. The summed E-state index contributed by atoms with van der Waals surface area (Å²) < 4.78 is 101. The average Bonchev–Trinajstić information content (AvgIpc) is 0.938. The predicted octanol–water partition coefficient (Wildman–Crippen LogP) is -34.0. The van der Waals surface area contributed by atoms with Gasteiger partial charge in [-0.15, -0.1) is 0 Å². The van der Waals surface area contributed by atoms with Gasteiger partial charge < -0.3 is 0 Å². The molecule has 0 amide bonds. The van der Waals surface area contributed by atoms with Crippen LogP contribution in [0.3, 0.4) is 0 Å². The molecule has 0 aliphatic rings. The van der Waals surface area contributed by atoms with E-state index in [-0.39, 0.29) is 170 Å². The third-order valence-electron chi connectivity index (χ3n) is 0. The first-order chi connectivity index (χ1) is 4.90. The molecule has 0 saturated carbocycles. The van der Waals surface area contributed by atoms with Crippen molar-refractivity contribution in [2.24, 2.45) is 0 Å². The van der Waals surface area contributed by atoms with Crippen molar-refractivity contribution in [1.29, 1.82) is 0 Å². The fraction of sp³-hybridized carbons (Fsp3) is 0. The van der Waals surface area contributed by atoms with Crippen molar-refractivity contribution in [3.8, 4) is 0 Å². The standard InChI is InChI=1S/Ag.2HIO6.5Na/c;2*2-1(3,4,5,6)7;;;;;/h;2*2H;;;;;/q;2*-4;5*+1. The van der Waals surface area contributed by atoms with Crippen molar-refractivity contribution < 1.29 is 248 Å². The van der Waals surface area contributed by atoms with Crippen LogP contribution in [0, 0.1) is 0 Å². The van der Waals surface area contributed by atoms with E-state index in [1.165, 1.54) is 0 Å². The fourth-order valence-electron chi connectivity index (χ4n) is 0. The summed E-state index contributed by atoms with van der Waals surface area (Å²) in [5, 5.41) is 0. The van der Waals surface area contributed by atoms with Gasteiger partial charge in [0.25, 0.3) is 0 Å². The number of hydrogen-bond donors (Lipinski definition) is 2. The molecule has 20 heteroatoms. The Labute approximate surface area is 241 Å². The van der Waals surface area contributed by atoms with Crippen molar-refractivity contribution in [3.63, 3.8) is 0 Å². The van der Waals surface area contributed by atoms with E-state index in [9.17, 15) is 0 Å². The van der Waals surface area contributed by atoms with Crippen LogP contribution in [0.25, 0.3) is 0 Å². The zero-order chi connectivity index (χ0) is 12.8. The molecule has 0 atom stereocenters. The summed E-state index contributed by atoms with van der Waals surface area (Å²) in [5.74, 6) is 0. The second kappa shape index (κ2) is 11.7. The van der Waals surface area contributed by atoms with Gasteiger partial charge in [0.05, 0.1) is 0 Å². The summed E-state index contributed by atoms with van der Waals surface area (Å²) in [6.45, 7) is 0. The van der Waals surface area contributed by atoms with Gasteiger partial charge in [0.2, 0.25) is 0 Å². The number of hydrogen-bond acceptors (Lipinski definition) is 12. The third kappa shape index (κ3) is 308. The zero-order valence-corrected chi connectivity index (χ0v) is 26.8. The Hall–Kier alpha value is 6.72. The van der Waals surface area contributed by atoms with E-state index >= 15 is 0 Å². The Morgan fingerprint density at radius 1 is 0.400 bits per heavy atom. The van der Waals surface area contributed by atoms with Crippen LogP contribution in [-0.4, -0.2) is 6.87 Å². The Morgan fingerprint density at radius 2 is 0.400 bits per heavy atom. The molecule has 0 unspecified atom stereocenters. The van der Waals surface area contributed by atoms with Crippen molar-refractivity contribution in [3.05, 3.63) is 0 Å². The topological polar surface area (TPSA) is 271 Å². The van der Waals surface area contributed by atoms with E-state index in [2.05, 4.69) is 0 Å². The Balaban J connectivity index is -0.0000000185. The van der Waals surface area contributed by atoms with Gasteiger partial charge in [-0.2, -0.15) is 0 Å². The van der Waals surface area contributed by atoms with E-state index in [1.807, 2.05) is 0 Å². The molecule has 0 fully saturated rings. The first-order valence-electron chi connectivity index (χ1n) is 1.88. The van der Waals surface area contributed by atoms with Crippen LogP contribution in [0.4, 0.5) is 0 Å². The molecule has 0 aromatic carbocycles. The normalized spacial score (nSPS) is 16.2. The van der Waals surface area contributed by atoms with E-state index in [0.29, 0.717) is 0 Å². The molecule has 0 aromatic rings. The molecule has 0 rings (SSSR count). The molecule has 0 saturated heterocycles. The summed E-state index contributed by atoms with van der Waals surface area (Å²) in [6, 6.07) is 0. The van der Waals surface area contributed by atoms with Gasteiger partial charge >= 0.3 is 225 Å². The van der Waals surface area contributed by atoms with Gasteiger partial charge in [0.1, 0.15) is 0 Å². The van der Waals surface area contributed by atoms with E-state index < -0.39 is 36.3 Å². The van der Waals surface area contributed by atoms with Crippen LogP contribution >= 0.6 is 0 Å². The van der Waals surface area contributed by atoms with E-state index in [1.54, 1.807) is 0 Å². The second-order valence-electron chi connectivity index (χ2n) is 1.95. The van der Waals surface area contributed by atoms with Gasteiger partial charge in [0.15, 0.2) is 0 Å². The van der Waals surface area contributed by atoms with Crippen LogP contribution < -0.4 is 218 Å². The summed E-state index contributed by atoms with van der Waals surface area (Å²) in [6.07, 6.45) is 0. The zero-order valence-electron chi connectivity index (χ0n) is 11.0. The van der Waals surface area contributed by atoms with Crippen molar-refractivity contribution in [1.82, 2.24) is 0 Å². The van der Waals surface area contributed by atoms with E-state index in [4.69, 9.17) is 41.2 Å². The molecule has 0 spiro atoms. The summed E-state index contributed by atoms with van der Waals surface area (Å²) >= 11 is -18.7.